The van der Waals surface area contributed by atoms with Crippen molar-refractivity contribution in [3.63, 3.8) is 0 Å². The number of anilines is 1. The molecule has 2 aromatic carbocycles. The van der Waals surface area contributed by atoms with Gasteiger partial charge in [-0.1, -0.05) is 47.7 Å². The molecule has 0 saturated heterocycles. The van der Waals surface area contributed by atoms with E-state index in [2.05, 4.69) is 15.5 Å². The maximum absolute atomic E-state index is 14.2. The predicted molar refractivity (Wildman–Crippen MR) is 115 cm³/mol. The molecule has 0 aliphatic rings. The van der Waals surface area contributed by atoms with Crippen molar-refractivity contribution in [1.29, 1.82) is 0 Å². The first-order chi connectivity index (χ1) is 16.0. The summed E-state index contributed by atoms with van der Waals surface area (Å²) in [7, 11) is 3.14. The van der Waals surface area contributed by atoms with Gasteiger partial charge in [0.05, 0.1) is 14.2 Å². The Morgan fingerprint density at radius 2 is 1.68 bits per heavy atom. The molecule has 182 valence electrons. The zero-order valence-electron chi connectivity index (χ0n) is 17.8. The highest BCUT2D eigenvalue weighted by Gasteiger charge is 2.38. The van der Waals surface area contributed by atoms with E-state index in [1.165, 1.54) is 11.3 Å². The molecule has 0 spiro atoms. The summed E-state index contributed by atoms with van der Waals surface area (Å²) in [4.78, 5) is 21.0. The number of aliphatic carboxylic acids is 1. The highest BCUT2D eigenvalue weighted by atomic mass is 32.1. The summed E-state index contributed by atoms with van der Waals surface area (Å²) in [6, 6.07) is 13.8. The average Bonchev–Trinajstić information content (AvgIpc) is 3.25. The molecule has 3 rings (SSSR count). The zero-order valence-corrected chi connectivity index (χ0v) is 18.6. The fraction of sp³-hybridized carbons (Fsp3) is 0.238. The van der Waals surface area contributed by atoms with Gasteiger partial charge >= 0.3 is 12.1 Å². The molecule has 0 aliphatic carbocycles. The van der Waals surface area contributed by atoms with Gasteiger partial charge in [-0.15, -0.1) is 10.2 Å². The van der Waals surface area contributed by atoms with E-state index in [-0.39, 0.29) is 5.13 Å². The Morgan fingerprint density at radius 1 is 1.06 bits per heavy atom. The molecule has 0 bridgehead atoms. The summed E-state index contributed by atoms with van der Waals surface area (Å²) in [6.45, 7) is 0. The quantitative estimate of drug-likeness (QED) is 0.461. The minimum atomic E-state index is -5.08. The van der Waals surface area contributed by atoms with Crippen molar-refractivity contribution in [2.24, 2.45) is 0 Å². The van der Waals surface area contributed by atoms with E-state index in [1.54, 1.807) is 44.6 Å². The highest BCUT2D eigenvalue weighted by molar-refractivity contribution is 7.15. The second-order valence-corrected chi connectivity index (χ2v) is 7.49. The first-order valence-electron chi connectivity index (χ1n) is 9.38. The van der Waals surface area contributed by atoms with Gasteiger partial charge in [-0.25, -0.2) is 9.18 Å². The summed E-state index contributed by atoms with van der Waals surface area (Å²) in [5, 5.41) is 18.5. The maximum atomic E-state index is 14.2. The second-order valence-electron chi connectivity index (χ2n) is 6.43. The largest absolute Gasteiger partial charge is 0.493 e. The summed E-state index contributed by atoms with van der Waals surface area (Å²) < 4.78 is 56.5. The van der Waals surface area contributed by atoms with Gasteiger partial charge in [0.25, 0.3) is 5.91 Å². The molecular formula is C21H19F4N3O5S. The number of alkyl halides is 4. The molecule has 0 fully saturated rings. The molecule has 0 saturated carbocycles. The van der Waals surface area contributed by atoms with Gasteiger partial charge in [-0.3, -0.25) is 10.1 Å². The molecule has 1 aromatic heterocycles. The molecule has 13 heteroatoms. The van der Waals surface area contributed by atoms with Crippen LogP contribution in [-0.4, -0.2) is 47.6 Å². The molecule has 1 unspecified atom stereocenters. The number of rotatable bonds is 7. The number of hydrogen-bond acceptors (Lipinski definition) is 7. The van der Waals surface area contributed by atoms with E-state index in [1.807, 2.05) is 18.2 Å². The molecule has 3 aromatic rings. The van der Waals surface area contributed by atoms with Gasteiger partial charge in [0.2, 0.25) is 11.3 Å². The molecule has 1 heterocycles. The number of nitrogens with one attached hydrogen (secondary N) is 1. The van der Waals surface area contributed by atoms with E-state index in [0.717, 1.165) is 5.56 Å². The lowest BCUT2D eigenvalue weighted by Gasteiger charge is -2.08. The second kappa shape index (κ2) is 11.9. The first kappa shape index (κ1) is 26.5. The van der Waals surface area contributed by atoms with Crippen LogP contribution in [0.1, 0.15) is 22.3 Å². The standard InChI is InChI=1S/C19H18FN3O3S.C2HF3O2/c1-25-14-9-8-12(10-15(14)26-2)11-16-22-23-19(27-16)21-18(24)17(20)13-6-4-3-5-7-13;3-2(4,5)1(6)7/h3-10,17H,11H2,1-2H3,(H,21,23,24);(H,6,7). The van der Waals surface area contributed by atoms with E-state index >= 15 is 0 Å². The lowest BCUT2D eigenvalue weighted by Crippen LogP contribution is -2.21. The fourth-order valence-electron chi connectivity index (χ4n) is 2.48. The van der Waals surface area contributed by atoms with Crippen molar-refractivity contribution in [3.8, 4) is 11.5 Å². The first-order valence-corrected chi connectivity index (χ1v) is 10.2. The molecule has 2 N–H and O–H groups in total. The summed E-state index contributed by atoms with van der Waals surface area (Å²) in [5.74, 6) is -2.26. The van der Waals surface area contributed by atoms with Crippen LogP contribution >= 0.6 is 11.3 Å². The van der Waals surface area contributed by atoms with E-state index in [4.69, 9.17) is 19.4 Å². The number of halogens is 4. The number of amides is 1. The van der Waals surface area contributed by atoms with Gasteiger partial charge in [-0.2, -0.15) is 13.2 Å². The van der Waals surface area contributed by atoms with E-state index < -0.39 is 24.2 Å². The SMILES string of the molecule is COc1ccc(Cc2nnc(NC(=O)C(F)c3ccccc3)s2)cc1OC.O=C(O)C(F)(F)F. The maximum Gasteiger partial charge on any atom is 0.490 e. The van der Waals surface area contributed by atoms with Gasteiger partial charge in [0.15, 0.2) is 11.5 Å². The minimum absolute atomic E-state index is 0.258. The van der Waals surface area contributed by atoms with Gasteiger partial charge in [-0.05, 0) is 23.3 Å². The zero-order chi connectivity index (χ0) is 25.3. The van der Waals surface area contributed by atoms with Crippen molar-refractivity contribution in [3.05, 3.63) is 64.7 Å². The Hall–Kier alpha value is -3.74. The van der Waals surface area contributed by atoms with Crippen molar-refractivity contribution in [2.45, 2.75) is 18.8 Å². The molecule has 1 atom stereocenters. The van der Waals surface area contributed by atoms with Crippen LogP contribution in [0.5, 0.6) is 11.5 Å². The number of hydrogen-bond donors (Lipinski definition) is 2. The number of aromatic nitrogens is 2. The molecule has 0 aliphatic heterocycles. The van der Waals surface area contributed by atoms with Crippen LogP contribution in [-0.2, 0) is 16.0 Å². The van der Waals surface area contributed by atoms with Crippen molar-refractivity contribution >= 4 is 28.3 Å². The topological polar surface area (TPSA) is 111 Å². The average molecular weight is 501 g/mol. The molecular weight excluding hydrogens is 482 g/mol. The third kappa shape index (κ3) is 7.69. The fourth-order valence-corrected chi connectivity index (χ4v) is 3.26. The number of carboxylic acids is 1. The monoisotopic (exact) mass is 501 g/mol. The Balaban J connectivity index is 0.000000509. The predicted octanol–water partition coefficient (Wildman–Crippen LogP) is 4.43. The third-order valence-corrected chi connectivity index (χ3v) is 4.90. The molecule has 34 heavy (non-hydrogen) atoms. The van der Waals surface area contributed by atoms with Crippen LogP contribution in [0.4, 0.5) is 22.7 Å². The van der Waals surface area contributed by atoms with Crippen LogP contribution in [0.3, 0.4) is 0 Å². The Morgan fingerprint density at radius 3 is 2.24 bits per heavy atom. The molecule has 1 amide bonds. The lowest BCUT2D eigenvalue weighted by atomic mass is 10.1. The lowest BCUT2D eigenvalue weighted by molar-refractivity contribution is -0.192. The Labute approximate surface area is 195 Å². The van der Waals surface area contributed by atoms with Crippen LogP contribution in [0.25, 0.3) is 0 Å². The minimum Gasteiger partial charge on any atom is -0.493 e. The van der Waals surface area contributed by atoms with E-state index in [0.29, 0.717) is 28.5 Å². The van der Waals surface area contributed by atoms with E-state index in [9.17, 15) is 22.4 Å². The van der Waals surface area contributed by atoms with Crippen molar-refractivity contribution in [1.82, 2.24) is 10.2 Å². The number of carbonyl (C=O) groups is 2. The Kier molecular flexibility index (Phi) is 9.30. The number of benzene rings is 2. The third-order valence-electron chi connectivity index (χ3n) is 4.07. The highest BCUT2D eigenvalue weighted by Crippen LogP contribution is 2.29. The molecule has 0 radical (unpaired) electrons. The summed E-state index contributed by atoms with van der Waals surface area (Å²) in [5.41, 5.74) is 1.25. The summed E-state index contributed by atoms with van der Waals surface area (Å²) >= 11 is 1.20. The smallest absolute Gasteiger partial charge is 0.490 e. The summed E-state index contributed by atoms with van der Waals surface area (Å²) in [6.07, 6.45) is -6.34. The number of methoxy groups -OCH3 is 2. The Bertz CT molecular complexity index is 1110. The number of carboxylic acid groups (broad SMARTS) is 1. The number of carbonyl (C=O) groups excluding carboxylic acids is 1. The van der Waals surface area contributed by atoms with Gasteiger partial charge in [0.1, 0.15) is 5.01 Å². The van der Waals surface area contributed by atoms with Crippen LogP contribution in [0.15, 0.2) is 48.5 Å². The number of nitrogens with zero attached hydrogens (tertiary/aromatic N) is 2. The van der Waals surface area contributed by atoms with Crippen LogP contribution in [0.2, 0.25) is 0 Å². The van der Waals surface area contributed by atoms with Crippen molar-refractivity contribution in [2.75, 3.05) is 19.5 Å². The van der Waals surface area contributed by atoms with Gasteiger partial charge in [0, 0.05) is 6.42 Å². The van der Waals surface area contributed by atoms with Crippen LogP contribution < -0.4 is 14.8 Å². The normalized spacial score (nSPS) is 11.6. The van der Waals surface area contributed by atoms with Crippen molar-refractivity contribution < 1.29 is 41.7 Å². The number of ether oxygens (including phenoxy) is 2. The molecule has 8 nitrogen and oxygen atoms in total. The van der Waals surface area contributed by atoms with Gasteiger partial charge < -0.3 is 14.6 Å². The van der Waals surface area contributed by atoms with Crippen LogP contribution in [0, 0.1) is 0 Å².